The second-order valence-electron chi connectivity index (χ2n) is 8.30. The van der Waals surface area contributed by atoms with Crippen molar-refractivity contribution >= 4 is 34.2 Å². The number of aromatic nitrogens is 2. The summed E-state index contributed by atoms with van der Waals surface area (Å²) in [6.07, 6.45) is 4.68. The van der Waals surface area contributed by atoms with E-state index in [1.54, 1.807) is 18.2 Å². The molecule has 0 radical (unpaired) electrons. The zero-order valence-electron chi connectivity index (χ0n) is 18.0. The van der Waals surface area contributed by atoms with Gasteiger partial charge in [-0.3, -0.25) is 10.3 Å². The van der Waals surface area contributed by atoms with Crippen LogP contribution in [0.3, 0.4) is 0 Å². The van der Waals surface area contributed by atoms with Gasteiger partial charge < -0.3 is 13.9 Å². The number of ether oxygens (including phenoxy) is 1. The lowest BCUT2D eigenvalue weighted by Crippen LogP contribution is -2.41. The van der Waals surface area contributed by atoms with Gasteiger partial charge in [-0.1, -0.05) is 41.8 Å². The quantitative estimate of drug-likeness (QED) is 0.446. The van der Waals surface area contributed by atoms with E-state index >= 15 is 0 Å². The maximum Gasteiger partial charge on any atom is 0.203 e. The minimum atomic E-state index is 0.420. The molecule has 1 atom stereocenters. The highest BCUT2D eigenvalue weighted by Gasteiger charge is 2.19. The smallest absolute Gasteiger partial charge is 0.203 e. The Morgan fingerprint density at radius 2 is 1.71 bits per heavy atom. The summed E-state index contributed by atoms with van der Waals surface area (Å²) in [5.74, 6) is 0.639. The molecule has 0 saturated carbocycles. The Labute approximate surface area is 193 Å². The lowest BCUT2D eigenvalue weighted by Gasteiger charge is -2.32. The number of rotatable bonds is 8. The molecular formula is C24H30Cl2N4O. The Morgan fingerprint density at radius 1 is 1.00 bits per heavy atom. The molecule has 1 aromatic heterocycles. The molecule has 7 heteroatoms. The van der Waals surface area contributed by atoms with Gasteiger partial charge in [0.05, 0.1) is 22.7 Å². The van der Waals surface area contributed by atoms with Crippen LogP contribution in [0.1, 0.15) is 32.6 Å². The third-order valence-corrected chi connectivity index (χ3v) is 6.64. The first-order valence-corrected chi connectivity index (χ1v) is 11.8. The molecule has 4 rings (SSSR count). The van der Waals surface area contributed by atoms with Crippen LogP contribution < -0.4 is 10.4 Å². The van der Waals surface area contributed by atoms with Crippen LogP contribution in [-0.2, 0) is 13.1 Å². The highest BCUT2D eigenvalue weighted by Crippen LogP contribution is 2.27. The van der Waals surface area contributed by atoms with Gasteiger partial charge in [0.2, 0.25) is 5.62 Å². The van der Waals surface area contributed by atoms with E-state index in [-0.39, 0.29) is 0 Å². The maximum absolute atomic E-state index is 8.87. The van der Waals surface area contributed by atoms with Gasteiger partial charge in [0.15, 0.2) is 0 Å². The van der Waals surface area contributed by atoms with Crippen molar-refractivity contribution in [1.29, 1.82) is 5.41 Å². The molecule has 5 nitrogen and oxygen atoms in total. The van der Waals surface area contributed by atoms with E-state index in [9.17, 15) is 0 Å². The van der Waals surface area contributed by atoms with Gasteiger partial charge in [-0.15, -0.1) is 0 Å². The molecular weight excluding hydrogens is 431 g/mol. The Hall–Kier alpha value is -1.95. The Kier molecular flexibility index (Phi) is 7.26. The average molecular weight is 461 g/mol. The van der Waals surface area contributed by atoms with E-state index in [1.165, 1.54) is 19.3 Å². The van der Waals surface area contributed by atoms with Crippen molar-refractivity contribution in [2.75, 3.05) is 19.7 Å². The molecule has 1 aliphatic rings. The van der Waals surface area contributed by atoms with Crippen molar-refractivity contribution < 1.29 is 4.74 Å². The third kappa shape index (κ3) is 5.11. The number of hydrogen-bond donors (Lipinski definition) is 1. The average Bonchev–Trinajstić information content (AvgIpc) is 3.04. The van der Waals surface area contributed by atoms with E-state index in [4.69, 9.17) is 33.3 Å². The van der Waals surface area contributed by atoms with E-state index < -0.39 is 0 Å². The fourth-order valence-electron chi connectivity index (χ4n) is 4.44. The molecule has 0 amide bonds. The van der Waals surface area contributed by atoms with E-state index in [1.807, 2.05) is 6.07 Å². The predicted molar refractivity (Wildman–Crippen MR) is 127 cm³/mol. The Morgan fingerprint density at radius 3 is 2.42 bits per heavy atom. The largest absolute Gasteiger partial charge is 0.492 e. The number of piperidine rings is 1. The van der Waals surface area contributed by atoms with Gasteiger partial charge in [-0.2, -0.15) is 0 Å². The predicted octanol–water partition coefficient (Wildman–Crippen LogP) is 5.57. The van der Waals surface area contributed by atoms with Gasteiger partial charge in [0.1, 0.15) is 5.75 Å². The van der Waals surface area contributed by atoms with Gasteiger partial charge in [0.25, 0.3) is 0 Å². The lowest BCUT2D eigenvalue weighted by atomic mass is 10.1. The number of halogens is 2. The first-order chi connectivity index (χ1) is 15.0. The number of nitrogens with zero attached hydrogens (tertiary/aromatic N) is 3. The highest BCUT2D eigenvalue weighted by molar-refractivity contribution is 6.35. The van der Waals surface area contributed by atoms with Gasteiger partial charge in [-0.05, 0) is 69.6 Å². The number of para-hydroxylation sites is 2. The van der Waals surface area contributed by atoms with Crippen LogP contribution in [-0.4, -0.2) is 39.8 Å². The van der Waals surface area contributed by atoms with Crippen LogP contribution in [0.15, 0.2) is 42.5 Å². The molecule has 1 fully saturated rings. The van der Waals surface area contributed by atoms with Crippen molar-refractivity contribution in [2.24, 2.45) is 0 Å². The standard InChI is InChI=1S/C24H30Cl2N4O/c1-18(28-12-5-2-6-13-28)17-30-22-9-4-3-8-21(22)29(24(30)27)14-7-15-31-23-11-10-19(25)16-20(23)26/h3-4,8-11,16,18,27H,2,5-7,12-15,17H2,1H3. The topological polar surface area (TPSA) is 46.2 Å². The molecule has 1 N–H and O–H groups in total. The number of hydrogen-bond acceptors (Lipinski definition) is 3. The van der Waals surface area contributed by atoms with Gasteiger partial charge in [0, 0.05) is 24.2 Å². The zero-order chi connectivity index (χ0) is 21.8. The summed E-state index contributed by atoms with van der Waals surface area (Å²) in [5.41, 5.74) is 2.77. The van der Waals surface area contributed by atoms with E-state index in [0.717, 1.165) is 43.6 Å². The molecule has 1 saturated heterocycles. The number of imidazole rings is 1. The summed E-state index contributed by atoms with van der Waals surface area (Å²) in [7, 11) is 0. The first-order valence-electron chi connectivity index (χ1n) is 11.1. The molecule has 1 unspecified atom stereocenters. The lowest BCUT2D eigenvalue weighted by molar-refractivity contribution is 0.159. The van der Waals surface area contributed by atoms with Crippen LogP contribution in [0.5, 0.6) is 5.75 Å². The number of nitrogens with one attached hydrogen (secondary N) is 1. The molecule has 0 spiro atoms. The molecule has 3 aromatic rings. The van der Waals surface area contributed by atoms with Gasteiger partial charge >= 0.3 is 0 Å². The molecule has 2 aromatic carbocycles. The first kappa shape index (κ1) is 22.3. The molecule has 0 aliphatic carbocycles. The Balaban J connectivity index is 1.46. The van der Waals surface area contributed by atoms with E-state index in [0.29, 0.717) is 34.1 Å². The van der Waals surface area contributed by atoms with Crippen LogP contribution in [0.2, 0.25) is 10.0 Å². The number of benzene rings is 2. The summed E-state index contributed by atoms with van der Waals surface area (Å²) >= 11 is 12.1. The second kappa shape index (κ2) is 10.1. The van der Waals surface area contributed by atoms with Crippen LogP contribution in [0, 0.1) is 5.41 Å². The van der Waals surface area contributed by atoms with Crippen LogP contribution in [0.4, 0.5) is 0 Å². The van der Waals surface area contributed by atoms with E-state index in [2.05, 4.69) is 39.2 Å². The zero-order valence-corrected chi connectivity index (χ0v) is 19.5. The van der Waals surface area contributed by atoms with Crippen LogP contribution in [0.25, 0.3) is 11.0 Å². The molecule has 166 valence electrons. The molecule has 2 heterocycles. The van der Waals surface area contributed by atoms with Gasteiger partial charge in [-0.25, -0.2) is 0 Å². The maximum atomic E-state index is 8.87. The van der Waals surface area contributed by atoms with Crippen LogP contribution >= 0.6 is 23.2 Å². The van der Waals surface area contributed by atoms with Crippen molar-refractivity contribution in [3.63, 3.8) is 0 Å². The van der Waals surface area contributed by atoms with Crippen molar-refractivity contribution in [1.82, 2.24) is 14.0 Å². The number of fused-ring (bicyclic) bond motifs is 1. The van der Waals surface area contributed by atoms with Crippen molar-refractivity contribution in [3.05, 3.63) is 58.1 Å². The second-order valence-corrected chi connectivity index (χ2v) is 9.14. The molecule has 1 aliphatic heterocycles. The minimum Gasteiger partial charge on any atom is -0.492 e. The van der Waals surface area contributed by atoms with Crippen molar-refractivity contribution in [3.8, 4) is 5.75 Å². The minimum absolute atomic E-state index is 0.420. The summed E-state index contributed by atoms with van der Waals surface area (Å²) in [6, 6.07) is 14.0. The monoisotopic (exact) mass is 460 g/mol. The summed E-state index contributed by atoms with van der Waals surface area (Å²) in [6.45, 7) is 6.69. The normalized spacial score (nSPS) is 16.0. The highest BCUT2D eigenvalue weighted by atomic mass is 35.5. The third-order valence-electron chi connectivity index (χ3n) is 6.11. The fourth-order valence-corrected chi connectivity index (χ4v) is 4.90. The number of aryl methyl sites for hydroxylation is 1. The molecule has 31 heavy (non-hydrogen) atoms. The summed E-state index contributed by atoms with van der Waals surface area (Å²) in [5, 5.41) is 9.98. The SMILES string of the molecule is CC(Cn1c(=N)n(CCCOc2ccc(Cl)cc2Cl)c2ccccc21)N1CCCCC1. The Bertz CT molecular complexity index is 1080. The molecule has 0 bridgehead atoms. The number of likely N-dealkylation sites (tertiary alicyclic amines) is 1. The summed E-state index contributed by atoms with van der Waals surface area (Å²) in [4.78, 5) is 2.56. The van der Waals surface area contributed by atoms with Crippen molar-refractivity contribution in [2.45, 2.75) is 51.7 Å². The fraction of sp³-hybridized carbons (Fsp3) is 0.458. The summed E-state index contributed by atoms with van der Waals surface area (Å²) < 4.78 is 10.1.